The summed E-state index contributed by atoms with van der Waals surface area (Å²) in [6.07, 6.45) is 0.775. The van der Waals surface area contributed by atoms with E-state index >= 15 is 0 Å². The number of rotatable bonds is 5. The lowest BCUT2D eigenvalue weighted by atomic mass is 9.97. The predicted octanol–water partition coefficient (Wildman–Crippen LogP) is 3.80. The van der Waals surface area contributed by atoms with Crippen LogP contribution in [-0.4, -0.2) is 25.7 Å². The second kappa shape index (κ2) is 7.88. The Balaban J connectivity index is 1.51. The first-order valence-electron chi connectivity index (χ1n) is 7.67. The van der Waals surface area contributed by atoms with Crippen LogP contribution in [0.3, 0.4) is 0 Å². The second-order valence-corrected chi connectivity index (χ2v) is 6.32. The van der Waals surface area contributed by atoms with Crippen LogP contribution in [0.1, 0.15) is 17.2 Å². The topological polar surface area (TPSA) is 47.6 Å². The molecular formula is C18H17Cl2NO3. The van der Waals surface area contributed by atoms with Crippen molar-refractivity contribution in [3.63, 3.8) is 0 Å². The van der Waals surface area contributed by atoms with Gasteiger partial charge in [0.25, 0.3) is 5.91 Å². The van der Waals surface area contributed by atoms with Crippen molar-refractivity contribution in [1.29, 1.82) is 0 Å². The zero-order valence-electron chi connectivity index (χ0n) is 12.9. The lowest BCUT2D eigenvalue weighted by molar-refractivity contribution is -0.123. The van der Waals surface area contributed by atoms with Gasteiger partial charge in [0.15, 0.2) is 6.61 Å². The van der Waals surface area contributed by atoms with Crippen LogP contribution >= 0.6 is 23.2 Å². The molecule has 4 nitrogen and oxygen atoms in total. The Hall–Kier alpha value is -1.75. The van der Waals surface area contributed by atoms with Crippen LogP contribution in [0.15, 0.2) is 42.5 Å². The number of ether oxygens (including phenoxy) is 2. The van der Waals surface area contributed by atoms with Crippen LogP contribution in [0, 0.1) is 0 Å². The number of carbonyl (C=O) groups excluding carboxylic acids is 1. The number of fused-ring (bicyclic) bond motifs is 1. The Kier molecular flexibility index (Phi) is 5.61. The normalized spacial score (nSPS) is 16.3. The van der Waals surface area contributed by atoms with Gasteiger partial charge in [-0.3, -0.25) is 4.79 Å². The molecule has 0 saturated heterocycles. The lowest BCUT2D eigenvalue weighted by Crippen LogP contribution is -2.34. The average molecular weight is 366 g/mol. The van der Waals surface area contributed by atoms with Crippen molar-refractivity contribution in [1.82, 2.24) is 5.32 Å². The van der Waals surface area contributed by atoms with Crippen LogP contribution in [-0.2, 0) is 16.0 Å². The molecule has 1 aliphatic heterocycles. The van der Waals surface area contributed by atoms with E-state index in [1.807, 2.05) is 18.2 Å². The molecule has 1 atom stereocenters. The van der Waals surface area contributed by atoms with Crippen molar-refractivity contribution in [2.75, 3.05) is 19.8 Å². The van der Waals surface area contributed by atoms with Crippen molar-refractivity contribution in [2.24, 2.45) is 0 Å². The highest BCUT2D eigenvalue weighted by molar-refractivity contribution is 6.35. The van der Waals surface area contributed by atoms with Crippen molar-refractivity contribution in [3.8, 4) is 5.75 Å². The third-order valence-corrected chi connectivity index (χ3v) is 4.36. The largest absolute Gasteiger partial charge is 0.482 e. The van der Waals surface area contributed by atoms with E-state index < -0.39 is 0 Å². The van der Waals surface area contributed by atoms with E-state index in [1.54, 1.807) is 18.2 Å². The van der Waals surface area contributed by atoms with Gasteiger partial charge in [-0.1, -0.05) is 47.5 Å². The number of benzene rings is 2. The first kappa shape index (κ1) is 17.1. The minimum atomic E-state index is -0.229. The maximum absolute atomic E-state index is 12.0. The van der Waals surface area contributed by atoms with E-state index in [0.717, 1.165) is 12.0 Å². The van der Waals surface area contributed by atoms with Gasteiger partial charge in [-0.2, -0.15) is 0 Å². The molecule has 0 bridgehead atoms. The zero-order chi connectivity index (χ0) is 16.9. The van der Waals surface area contributed by atoms with Gasteiger partial charge in [-0.05, 0) is 35.7 Å². The summed E-state index contributed by atoms with van der Waals surface area (Å²) in [6.45, 7) is 0.956. The number of nitrogens with one attached hydrogen (secondary N) is 1. The molecule has 1 N–H and O–H groups in total. The van der Waals surface area contributed by atoms with Gasteiger partial charge in [-0.25, -0.2) is 0 Å². The average Bonchev–Trinajstić information content (AvgIpc) is 2.59. The van der Waals surface area contributed by atoms with E-state index in [4.69, 9.17) is 32.7 Å². The van der Waals surface area contributed by atoms with Gasteiger partial charge in [0.1, 0.15) is 11.9 Å². The van der Waals surface area contributed by atoms with E-state index in [0.29, 0.717) is 28.9 Å². The van der Waals surface area contributed by atoms with Crippen molar-refractivity contribution < 1.29 is 14.3 Å². The number of halogens is 2. The molecule has 0 spiro atoms. The molecule has 0 fully saturated rings. The molecule has 6 heteroatoms. The molecule has 0 radical (unpaired) electrons. The number of amides is 1. The highest BCUT2D eigenvalue weighted by Crippen LogP contribution is 2.28. The summed E-state index contributed by atoms with van der Waals surface area (Å²) in [4.78, 5) is 12.0. The van der Waals surface area contributed by atoms with E-state index in [1.165, 1.54) is 5.56 Å². The molecule has 2 aromatic rings. The summed E-state index contributed by atoms with van der Waals surface area (Å²) >= 11 is 11.8. The standard InChI is InChI=1S/C18H17Cl2NO3/c19-13-5-6-16(15(20)9-13)24-11-18(22)21-10-17-14-4-2-1-3-12(14)7-8-23-17/h1-6,9,17H,7-8,10-11H2,(H,21,22). The molecule has 0 aliphatic carbocycles. The summed E-state index contributed by atoms with van der Waals surface area (Å²) < 4.78 is 11.2. The van der Waals surface area contributed by atoms with E-state index in [9.17, 15) is 4.79 Å². The summed E-state index contributed by atoms with van der Waals surface area (Å²) in [6, 6.07) is 13.0. The van der Waals surface area contributed by atoms with Gasteiger partial charge >= 0.3 is 0 Å². The van der Waals surface area contributed by atoms with Gasteiger partial charge in [-0.15, -0.1) is 0 Å². The Morgan fingerprint density at radius 3 is 2.92 bits per heavy atom. The molecule has 1 aliphatic rings. The third-order valence-electron chi connectivity index (χ3n) is 3.83. The van der Waals surface area contributed by atoms with Crippen molar-refractivity contribution in [2.45, 2.75) is 12.5 Å². The highest BCUT2D eigenvalue weighted by Gasteiger charge is 2.20. The SMILES string of the molecule is O=C(COc1ccc(Cl)cc1Cl)NCC1OCCc2ccccc21. The molecule has 1 unspecified atom stereocenters. The maximum atomic E-state index is 12.0. The quantitative estimate of drug-likeness (QED) is 0.876. The van der Waals surface area contributed by atoms with Gasteiger partial charge in [0.05, 0.1) is 11.6 Å². The smallest absolute Gasteiger partial charge is 0.258 e. The van der Waals surface area contributed by atoms with Crippen LogP contribution in [0.2, 0.25) is 10.0 Å². The molecule has 126 valence electrons. The lowest BCUT2D eigenvalue weighted by Gasteiger charge is -2.26. The summed E-state index contributed by atoms with van der Waals surface area (Å²) in [5.74, 6) is 0.197. The highest BCUT2D eigenvalue weighted by atomic mass is 35.5. The Morgan fingerprint density at radius 1 is 1.25 bits per heavy atom. The Labute approximate surface area is 150 Å². The predicted molar refractivity (Wildman–Crippen MR) is 93.8 cm³/mol. The fourth-order valence-corrected chi connectivity index (χ4v) is 3.10. The van der Waals surface area contributed by atoms with Crippen molar-refractivity contribution in [3.05, 3.63) is 63.6 Å². The molecule has 1 heterocycles. The molecule has 24 heavy (non-hydrogen) atoms. The first-order chi connectivity index (χ1) is 11.6. The fraction of sp³-hybridized carbons (Fsp3) is 0.278. The molecule has 2 aromatic carbocycles. The van der Waals surface area contributed by atoms with E-state index in [2.05, 4.69) is 11.4 Å². The minimum Gasteiger partial charge on any atom is -0.482 e. The van der Waals surface area contributed by atoms with Crippen LogP contribution < -0.4 is 10.1 Å². The zero-order valence-corrected chi connectivity index (χ0v) is 14.4. The minimum absolute atomic E-state index is 0.115. The number of hydrogen-bond acceptors (Lipinski definition) is 3. The Bertz CT molecular complexity index is 736. The maximum Gasteiger partial charge on any atom is 0.258 e. The van der Waals surface area contributed by atoms with Crippen molar-refractivity contribution >= 4 is 29.1 Å². The summed E-state index contributed by atoms with van der Waals surface area (Å²) in [5.41, 5.74) is 2.40. The fourth-order valence-electron chi connectivity index (χ4n) is 2.64. The number of carbonyl (C=O) groups is 1. The van der Waals surface area contributed by atoms with Crippen LogP contribution in [0.25, 0.3) is 0 Å². The molecule has 0 aromatic heterocycles. The van der Waals surface area contributed by atoms with Gasteiger partial charge in [0, 0.05) is 11.6 Å². The van der Waals surface area contributed by atoms with Gasteiger partial charge < -0.3 is 14.8 Å². The van der Waals surface area contributed by atoms with E-state index in [-0.39, 0.29) is 18.6 Å². The van der Waals surface area contributed by atoms with Gasteiger partial charge in [0.2, 0.25) is 0 Å². The third kappa shape index (κ3) is 4.20. The second-order valence-electron chi connectivity index (χ2n) is 5.48. The van der Waals surface area contributed by atoms with Crippen LogP contribution in [0.4, 0.5) is 0 Å². The summed E-state index contributed by atoms with van der Waals surface area (Å²) in [7, 11) is 0. The monoisotopic (exact) mass is 365 g/mol. The summed E-state index contributed by atoms with van der Waals surface area (Å²) in [5, 5.41) is 3.73. The molecule has 1 amide bonds. The Morgan fingerprint density at radius 2 is 2.08 bits per heavy atom. The molecular weight excluding hydrogens is 349 g/mol. The first-order valence-corrected chi connectivity index (χ1v) is 8.43. The number of hydrogen-bond donors (Lipinski definition) is 1. The molecule has 0 saturated carbocycles. The molecule has 3 rings (SSSR count). The van der Waals surface area contributed by atoms with Crippen LogP contribution in [0.5, 0.6) is 5.75 Å².